The first kappa shape index (κ1) is 17.2. The van der Waals surface area contributed by atoms with Gasteiger partial charge in [-0.25, -0.2) is 4.68 Å². The van der Waals surface area contributed by atoms with Crippen molar-refractivity contribution in [2.45, 2.75) is 33.0 Å². The Bertz CT molecular complexity index is 798. The molecule has 1 aromatic heterocycles. The number of aromatic nitrogens is 3. The largest absolute Gasteiger partial charge is 0.350 e. The minimum absolute atomic E-state index is 0.0656. The van der Waals surface area contributed by atoms with E-state index in [1.807, 2.05) is 43.0 Å². The van der Waals surface area contributed by atoms with Crippen LogP contribution in [-0.4, -0.2) is 58.4 Å². The zero-order valence-corrected chi connectivity index (χ0v) is 15.2. The predicted octanol–water partition coefficient (Wildman–Crippen LogP) is 2.11. The Morgan fingerprint density at radius 1 is 1.23 bits per heavy atom. The molecule has 0 aliphatic carbocycles. The first-order valence-electron chi connectivity index (χ1n) is 9.15. The van der Waals surface area contributed by atoms with Crippen molar-refractivity contribution < 1.29 is 14.3 Å². The van der Waals surface area contributed by atoms with Gasteiger partial charge in [0.15, 0.2) is 12.0 Å². The summed E-state index contributed by atoms with van der Waals surface area (Å²) in [6, 6.07) is 8.00. The lowest BCUT2D eigenvalue weighted by molar-refractivity contribution is -0.0969. The zero-order valence-electron chi connectivity index (χ0n) is 15.2. The van der Waals surface area contributed by atoms with Crippen molar-refractivity contribution in [3.63, 3.8) is 0 Å². The van der Waals surface area contributed by atoms with Gasteiger partial charge in [-0.15, -0.1) is 5.10 Å². The number of rotatable bonds is 3. The van der Waals surface area contributed by atoms with Crippen molar-refractivity contribution in [1.82, 2.24) is 19.9 Å². The number of amides is 1. The van der Waals surface area contributed by atoms with Crippen LogP contribution in [0.4, 0.5) is 0 Å². The lowest BCUT2D eigenvalue weighted by Crippen LogP contribution is -2.44. The second kappa shape index (κ2) is 7.17. The number of carbonyl (C=O) groups is 1. The Morgan fingerprint density at radius 2 is 2.04 bits per heavy atom. The van der Waals surface area contributed by atoms with Crippen LogP contribution in [0.5, 0.6) is 0 Å². The van der Waals surface area contributed by atoms with E-state index in [9.17, 15) is 4.79 Å². The number of likely N-dealkylation sites (tertiary alicyclic amines) is 1. The summed E-state index contributed by atoms with van der Waals surface area (Å²) >= 11 is 0. The second-order valence-corrected chi connectivity index (χ2v) is 7.04. The first-order valence-corrected chi connectivity index (χ1v) is 9.15. The Kier molecular flexibility index (Phi) is 4.74. The van der Waals surface area contributed by atoms with E-state index >= 15 is 0 Å². The fraction of sp³-hybridized carbons (Fsp3) is 0.526. The summed E-state index contributed by atoms with van der Waals surface area (Å²) in [5.41, 5.74) is 3.23. The Hall–Kier alpha value is -2.25. The summed E-state index contributed by atoms with van der Waals surface area (Å²) in [5.74, 6) is 0.159. The molecule has 1 aromatic carbocycles. The third-order valence-electron chi connectivity index (χ3n) is 5.12. The molecule has 2 saturated heterocycles. The summed E-state index contributed by atoms with van der Waals surface area (Å²) in [6.07, 6.45) is 1.78. The predicted molar refractivity (Wildman–Crippen MR) is 95.2 cm³/mol. The van der Waals surface area contributed by atoms with Gasteiger partial charge in [0.1, 0.15) is 0 Å². The van der Waals surface area contributed by atoms with Gasteiger partial charge in [0.2, 0.25) is 0 Å². The van der Waals surface area contributed by atoms with E-state index in [0.717, 1.165) is 36.3 Å². The highest BCUT2D eigenvalue weighted by Gasteiger charge is 2.34. The average Bonchev–Trinajstić information content (AvgIpc) is 3.31. The van der Waals surface area contributed by atoms with Crippen molar-refractivity contribution in [3.05, 3.63) is 41.2 Å². The van der Waals surface area contributed by atoms with E-state index in [-0.39, 0.29) is 18.1 Å². The molecule has 26 heavy (non-hydrogen) atoms. The number of carbonyl (C=O) groups excluding carboxylic acids is 1. The van der Waals surface area contributed by atoms with Crippen LogP contribution in [0.25, 0.3) is 5.69 Å². The van der Waals surface area contributed by atoms with Gasteiger partial charge in [-0.1, -0.05) is 17.3 Å². The molecule has 0 N–H and O–H groups in total. The number of aryl methyl sites for hydroxylation is 1. The van der Waals surface area contributed by atoms with Crippen LogP contribution >= 0.6 is 0 Å². The average molecular weight is 356 g/mol. The quantitative estimate of drug-likeness (QED) is 0.842. The summed E-state index contributed by atoms with van der Waals surface area (Å²) in [7, 11) is 0. The molecule has 1 amide bonds. The highest BCUT2D eigenvalue weighted by Crippen LogP contribution is 2.26. The van der Waals surface area contributed by atoms with Crippen LogP contribution in [0.3, 0.4) is 0 Å². The molecule has 0 saturated carbocycles. The van der Waals surface area contributed by atoms with Gasteiger partial charge in [0.05, 0.1) is 24.6 Å². The smallest absolute Gasteiger partial charge is 0.276 e. The number of hydrogen-bond donors (Lipinski definition) is 0. The van der Waals surface area contributed by atoms with E-state index in [0.29, 0.717) is 25.5 Å². The molecule has 1 unspecified atom stereocenters. The molecule has 4 rings (SSSR count). The minimum atomic E-state index is -0.185. The standard InChI is InChI=1S/C19H24N4O3/c1-13-5-3-7-16(11-13)23-14(2)17(20-21-23)18(24)22-8-4-6-15(12-22)19-25-9-10-26-19/h3,5,7,11,15,19H,4,6,8-10,12H2,1-2H3. The maximum atomic E-state index is 13.0. The maximum Gasteiger partial charge on any atom is 0.276 e. The molecule has 0 radical (unpaired) electrons. The SMILES string of the molecule is Cc1cccc(-n2nnc(C(=O)N3CCCC(C4OCCO4)C3)c2C)c1. The van der Waals surface area contributed by atoms with Gasteiger partial charge in [0.25, 0.3) is 5.91 Å². The zero-order chi connectivity index (χ0) is 18.1. The molecule has 2 fully saturated rings. The van der Waals surface area contributed by atoms with Crippen molar-refractivity contribution >= 4 is 5.91 Å². The second-order valence-electron chi connectivity index (χ2n) is 7.04. The van der Waals surface area contributed by atoms with Crippen LogP contribution < -0.4 is 0 Å². The van der Waals surface area contributed by atoms with Gasteiger partial charge in [0, 0.05) is 19.0 Å². The van der Waals surface area contributed by atoms with E-state index in [1.54, 1.807) is 4.68 Å². The van der Waals surface area contributed by atoms with Crippen molar-refractivity contribution in [1.29, 1.82) is 0 Å². The number of ether oxygens (including phenoxy) is 2. The topological polar surface area (TPSA) is 69.5 Å². The highest BCUT2D eigenvalue weighted by molar-refractivity contribution is 5.93. The number of piperidine rings is 1. The monoisotopic (exact) mass is 356 g/mol. The lowest BCUT2D eigenvalue weighted by Gasteiger charge is -2.34. The summed E-state index contributed by atoms with van der Waals surface area (Å²) in [6.45, 7) is 6.57. The molecule has 2 aliphatic rings. The van der Waals surface area contributed by atoms with Crippen molar-refractivity contribution in [2.24, 2.45) is 5.92 Å². The van der Waals surface area contributed by atoms with Crippen LogP contribution in [0.15, 0.2) is 24.3 Å². The van der Waals surface area contributed by atoms with Crippen molar-refractivity contribution in [2.75, 3.05) is 26.3 Å². The molecule has 7 heteroatoms. The first-order chi connectivity index (χ1) is 12.6. The van der Waals surface area contributed by atoms with E-state index in [1.165, 1.54) is 0 Å². The van der Waals surface area contributed by atoms with Gasteiger partial charge in [-0.2, -0.15) is 0 Å². The molecule has 7 nitrogen and oxygen atoms in total. The number of benzene rings is 1. The molecule has 2 aliphatic heterocycles. The molecule has 1 atom stereocenters. The molecule has 0 bridgehead atoms. The molecular formula is C19H24N4O3. The Labute approximate surface area is 152 Å². The third-order valence-corrected chi connectivity index (χ3v) is 5.12. The number of hydrogen-bond acceptors (Lipinski definition) is 5. The fourth-order valence-electron chi connectivity index (χ4n) is 3.75. The molecule has 3 heterocycles. The summed E-state index contributed by atoms with van der Waals surface area (Å²) in [4.78, 5) is 14.9. The number of nitrogens with zero attached hydrogens (tertiary/aromatic N) is 4. The van der Waals surface area contributed by atoms with Crippen LogP contribution in [0.2, 0.25) is 0 Å². The molecule has 138 valence electrons. The summed E-state index contributed by atoms with van der Waals surface area (Å²) < 4.78 is 13.0. The van der Waals surface area contributed by atoms with Gasteiger partial charge < -0.3 is 14.4 Å². The van der Waals surface area contributed by atoms with Gasteiger partial charge >= 0.3 is 0 Å². The van der Waals surface area contributed by atoms with E-state index in [2.05, 4.69) is 10.3 Å². The van der Waals surface area contributed by atoms with Crippen LogP contribution in [-0.2, 0) is 9.47 Å². The van der Waals surface area contributed by atoms with Crippen molar-refractivity contribution in [3.8, 4) is 5.69 Å². The fourth-order valence-corrected chi connectivity index (χ4v) is 3.75. The van der Waals surface area contributed by atoms with E-state index in [4.69, 9.17) is 9.47 Å². The third kappa shape index (κ3) is 3.24. The van der Waals surface area contributed by atoms with Crippen LogP contribution in [0.1, 0.15) is 34.6 Å². The Balaban J connectivity index is 1.53. The normalized spacial score (nSPS) is 21.3. The molecule has 2 aromatic rings. The van der Waals surface area contributed by atoms with Crippen LogP contribution in [0, 0.1) is 19.8 Å². The summed E-state index contributed by atoms with van der Waals surface area (Å²) in [5, 5.41) is 8.39. The molecular weight excluding hydrogens is 332 g/mol. The lowest BCUT2D eigenvalue weighted by atomic mass is 9.97. The van der Waals surface area contributed by atoms with Gasteiger partial charge in [-0.3, -0.25) is 4.79 Å². The van der Waals surface area contributed by atoms with E-state index < -0.39 is 0 Å². The van der Waals surface area contributed by atoms with Gasteiger partial charge in [-0.05, 0) is 44.4 Å². The molecule has 0 spiro atoms. The highest BCUT2D eigenvalue weighted by atomic mass is 16.7. The maximum absolute atomic E-state index is 13.0. The minimum Gasteiger partial charge on any atom is -0.350 e. The Morgan fingerprint density at radius 3 is 2.81 bits per heavy atom.